The first-order valence-electron chi connectivity index (χ1n) is 5.78. The average Bonchev–Trinajstić information content (AvgIpc) is 2.58. The highest BCUT2D eigenvalue weighted by Gasteiger charge is 2.31. The Morgan fingerprint density at radius 1 is 1.31 bits per heavy atom. The number of hydrogen-bond donors (Lipinski definition) is 0. The first-order chi connectivity index (χ1) is 7.47. The van der Waals surface area contributed by atoms with E-state index in [1.165, 1.54) is 5.56 Å². The molecule has 2 rings (SSSR count). The van der Waals surface area contributed by atoms with Crippen molar-refractivity contribution in [1.82, 2.24) is 0 Å². The van der Waals surface area contributed by atoms with E-state index in [4.69, 9.17) is 4.74 Å². The van der Waals surface area contributed by atoms with Gasteiger partial charge in [0.15, 0.2) is 0 Å². The number of aryl methyl sites for hydroxylation is 1. The summed E-state index contributed by atoms with van der Waals surface area (Å²) in [4.78, 5) is 12.0. The molecule has 0 aliphatic heterocycles. The van der Waals surface area contributed by atoms with Crippen molar-refractivity contribution in [2.45, 2.75) is 45.1 Å². The monoisotopic (exact) mass is 218 g/mol. The molecule has 0 fully saturated rings. The maximum absolute atomic E-state index is 12.0. The van der Waals surface area contributed by atoms with Crippen LogP contribution in [0.5, 0.6) is 0 Å². The van der Waals surface area contributed by atoms with Crippen LogP contribution in [0.1, 0.15) is 44.2 Å². The van der Waals surface area contributed by atoms with Crippen LogP contribution in [0.15, 0.2) is 24.3 Å². The van der Waals surface area contributed by atoms with Crippen LogP contribution >= 0.6 is 0 Å². The van der Waals surface area contributed by atoms with Crippen molar-refractivity contribution < 1.29 is 9.53 Å². The van der Waals surface area contributed by atoms with Gasteiger partial charge >= 0.3 is 5.97 Å². The summed E-state index contributed by atoms with van der Waals surface area (Å²) in [5.74, 6) is -0.145. The lowest BCUT2D eigenvalue weighted by atomic mass is 10.0. The topological polar surface area (TPSA) is 26.3 Å². The van der Waals surface area contributed by atoms with E-state index in [9.17, 15) is 4.79 Å². The molecule has 16 heavy (non-hydrogen) atoms. The smallest absolute Gasteiger partial charge is 0.313 e. The fourth-order valence-corrected chi connectivity index (χ4v) is 2.17. The van der Waals surface area contributed by atoms with E-state index in [2.05, 4.69) is 6.07 Å². The largest absolute Gasteiger partial charge is 0.459 e. The van der Waals surface area contributed by atoms with Gasteiger partial charge in [0.1, 0.15) is 5.60 Å². The highest BCUT2D eigenvalue weighted by atomic mass is 16.6. The van der Waals surface area contributed by atoms with Gasteiger partial charge in [0.25, 0.3) is 0 Å². The third-order valence-corrected chi connectivity index (χ3v) is 2.82. The molecular formula is C14H18O2. The standard InChI is InChI=1S/C14H18O2/c1-14(2,3)16-13(15)12-9-8-10-6-4-5-7-11(10)12/h4-7,12H,8-9H2,1-3H3. The third-order valence-electron chi connectivity index (χ3n) is 2.82. The molecule has 0 saturated heterocycles. The normalized spacial score (nSPS) is 19.3. The third kappa shape index (κ3) is 2.26. The molecule has 1 atom stereocenters. The van der Waals surface area contributed by atoms with Crippen LogP contribution in [0.2, 0.25) is 0 Å². The van der Waals surface area contributed by atoms with Crippen molar-refractivity contribution in [1.29, 1.82) is 0 Å². The van der Waals surface area contributed by atoms with Gasteiger partial charge in [0.2, 0.25) is 0 Å². The molecule has 2 nitrogen and oxygen atoms in total. The van der Waals surface area contributed by atoms with Gasteiger partial charge in [-0.2, -0.15) is 0 Å². The van der Waals surface area contributed by atoms with Gasteiger partial charge in [0.05, 0.1) is 5.92 Å². The zero-order valence-electron chi connectivity index (χ0n) is 10.1. The molecule has 0 N–H and O–H groups in total. The number of benzene rings is 1. The predicted molar refractivity (Wildman–Crippen MR) is 63.3 cm³/mol. The summed E-state index contributed by atoms with van der Waals surface area (Å²) in [5, 5.41) is 0. The Balaban J connectivity index is 2.16. The van der Waals surface area contributed by atoms with Gasteiger partial charge in [0, 0.05) is 0 Å². The van der Waals surface area contributed by atoms with Gasteiger partial charge in [-0.25, -0.2) is 0 Å². The molecule has 1 aromatic rings. The van der Waals surface area contributed by atoms with Crippen molar-refractivity contribution in [3.8, 4) is 0 Å². The number of hydrogen-bond acceptors (Lipinski definition) is 2. The molecule has 0 spiro atoms. The molecule has 86 valence electrons. The van der Waals surface area contributed by atoms with Crippen molar-refractivity contribution in [2.75, 3.05) is 0 Å². The molecule has 0 bridgehead atoms. The molecule has 0 saturated carbocycles. The summed E-state index contributed by atoms with van der Waals surface area (Å²) in [6.07, 6.45) is 1.87. The molecule has 0 aromatic heterocycles. The Labute approximate surface area is 96.6 Å². The molecule has 1 aliphatic rings. The van der Waals surface area contributed by atoms with Crippen LogP contribution in [0.3, 0.4) is 0 Å². The van der Waals surface area contributed by atoms with Gasteiger partial charge < -0.3 is 4.74 Å². The number of esters is 1. The van der Waals surface area contributed by atoms with Crippen molar-refractivity contribution >= 4 is 5.97 Å². The fourth-order valence-electron chi connectivity index (χ4n) is 2.17. The number of carbonyl (C=O) groups is 1. The second-order valence-corrected chi connectivity index (χ2v) is 5.32. The van der Waals surface area contributed by atoms with Crippen molar-refractivity contribution in [3.05, 3.63) is 35.4 Å². The van der Waals surface area contributed by atoms with Crippen LogP contribution < -0.4 is 0 Å². The highest BCUT2D eigenvalue weighted by molar-refractivity contribution is 5.80. The minimum absolute atomic E-state index is 0.0598. The van der Waals surface area contributed by atoms with Crippen molar-refractivity contribution in [2.24, 2.45) is 0 Å². The van der Waals surface area contributed by atoms with E-state index >= 15 is 0 Å². The van der Waals surface area contributed by atoms with Crippen LogP contribution in [0.25, 0.3) is 0 Å². The summed E-state index contributed by atoms with van der Waals surface area (Å²) in [6, 6.07) is 8.15. The van der Waals surface area contributed by atoms with E-state index < -0.39 is 5.60 Å². The van der Waals surface area contributed by atoms with Gasteiger partial charge in [-0.05, 0) is 44.7 Å². The highest BCUT2D eigenvalue weighted by Crippen LogP contribution is 2.34. The van der Waals surface area contributed by atoms with Gasteiger partial charge in [-0.1, -0.05) is 24.3 Å². The lowest BCUT2D eigenvalue weighted by Gasteiger charge is -2.22. The molecule has 1 unspecified atom stereocenters. The summed E-state index contributed by atoms with van der Waals surface area (Å²) < 4.78 is 5.44. The van der Waals surface area contributed by atoms with E-state index in [-0.39, 0.29) is 11.9 Å². The number of carbonyl (C=O) groups excluding carboxylic acids is 1. The Morgan fingerprint density at radius 2 is 2.00 bits per heavy atom. The lowest BCUT2D eigenvalue weighted by Crippen LogP contribution is -2.27. The molecule has 1 aromatic carbocycles. The minimum Gasteiger partial charge on any atom is -0.459 e. The molecule has 1 aliphatic carbocycles. The maximum atomic E-state index is 12.0. The predicted octanol–water partition coefficient (Wildman–Crippen LogP) is 3.06. The zero-order valence-corrected chi connectivity index (χ0v) is 10.1. The lowest BCUT2D eigenvalue weighted by molar-refractivity contribution is -0.156. The molecule has 0 heterocycles. The summed E-state index contributed by atoms with van der Waals surface area (Å²) >= 11 is 0. The van der Waals surface area contributed by atoms with Crippen LogP contribution in [-0.4, -0.2) is 11.6 Å². The molecule has 2 heteroatoms. The van der Waals surface area contributed by atoms with Crippen LogP contribution in [-0.2, 0) is 16.0 Å². The Morgan fingerprint density at radius 3 is 2.69 bits per heavy atom. The van der Waals surface area contributed by atoms with E-state index in [1.807, 2.05) is 39.0 Å². The Hall–Kier alpha value is -1.31. The fraction of sp³-hybridized carbons (Fsp3) is 0.500. The second kappa shape index (κ2) is 3.93. The summed E-state index contributed by atoms with van der Waals surface area (Å²) in [7, 11) is 0. The van der Waals surface area contributed by atoms with Gasteiger partial charge in [-0.3, -0.25) is 4.79 Å². The Kier molecular flexibility index (Phi) is 2.75. The molecule has 0 radical (unpaired) electrons. The molecule has 0 amide bonds. The number of ether oxygens (including phenoxy) is 1. The van der Waals surface area contributed by atoms with E-state index in [1.54, 1.807) is 0 Å². The maximum Gasteiger partial charge on any atom is 0.313 e. The molecular weight excluding hydrogens is 200 g/mol. The van der Waals surface area contributed by atoms with Crippen molar-refractivity contribution in [3.63, 3.8) is 0 Å². The Bertz CT molecular complexity index is 401. The number of rotatable bonds is 1. The SMILES string of the molecule is CC(C)(C)OC(=O)C1CCc2ccccc21. The summed E-state index contributed by atoms with van der Waals surface area (Å²) in [5.41, 5.74) is 2.05. The van der Waals surface area contributed by atoms with Gasteiger partial charge in [-0.15, -0.1) is 0 Å². The first kappa shape index (κ1) is 11.2. The first-order valence-corrected chi connectivity index (χ1v) is 5.78. The van der Waals surface area contributed by atoms with E-state index in [0.29, 0.717) is 0 Å². The zero-order chi connectivity index (χ0) is 11.8. The van der Waals surface area contributed by atoms with Crippen LogP contribution in [0, 0.1) is 0 Å². The quantitative estimate of drug-likeness (QED) is 0.677. The van der Waals surface area contributed by atoms with E-state index in [0.717, 1.165) is 18.4 Å². The second-order valence-electron chi connectivity index (χ2n) is 5.32. The summed E-state index contributed by atoms with van der Waals surface area (Å²) in [6.45, 7) is 5.73. The van der Waals surface area contributed by atoms with Crippen LogP contribution in [0.4, 0.5) is 0 Å². The number of fused-ring (bicyclic) bond motifs is 1. The minimum atomic E-state index is -0.394. The average molecular weight is 218 g/mol.